The van der Waals surface area contributed by atoms with Crippen molar-refractivity contribution in [1.29, 1.82) is 0 Å². The summed E-state index contributed by atoms with van der Waals surface area (Å²) >= 11 is 0. The van der Waals surface area contributed by atoms with Gasteiger partial charge in [-0.15, -0.1) is 0 Å². The van der Waals surface area contributed by atoms with E-state index in [1.807, 2.05) is 17.8 Å². The fourth-order valence-electron chi connectivity index (χ4n) is 4.94. The maximum Gasteiger partial charge on any atom is 0.240 e. The van der Waals surface area contributed by atoms with Gasteiger partial charge in [0, 0.05) is 12.1 Å². The first-order valence-electron chi connectivity index (χ1n) is 12.5. The summed E-state index contributed by atoms with van der Waals surface area (Å²) in [6.45, 7) is 6.03. The maximum absolute atomic E-state index is 12.8. The minimum atomic E-state index is -3.58. The zero-order valence-electron chi connectivity index (χ0n) is 21.5. The lowest BCUT2D eigenvalue weighted by molar-refractivity contribution is 0.387. The third-order valence-corrected chi connectivity index (χ3v) is 8.42. The smallest absolute Gasteiger partial charge is 0.240 e. The second-order valence-electron chi connectivity index (χ2n) is 9.69. The number of nitrogens with zero attached hydrogens (tertiary/aromatic N) is 4. The third kappa shape index (κ3) is 5.30. The Morgan fingerprint density at radius 1 is 0.946 bits per heavy atom. The molecule has 0 amide bonds. The second-order valence-corrected chi connectivity index (χ2v) is 11.4. The van der Waals surface area contributed by atoms with Crippen LogP contribution in [0.1, 0.15) is 42.6 Å². The standard InChI is InChI=1S/C27H32N6O3S/c1-17-5-14-25(18(2)15-17)33-27-24(16-28-33)26(29-19(3)30-27)31-20-6-8-21(9-7-20)32-37(34,35)23-12-10-22(36-4)11-13-23/h5,10-16,20-21,32H,6-9H2,1-4H3,(H,29,30,31). The van der Waals surface area contributed by atoms with Crippen LogP contribution in [0.15, 0.2) is 53.6 Å². The molecular formula is C27H32N6O3S. The van der Waals surface area contributed by atoms with Crippen LogP contribution in [0.2, 0.25) is 0 Å². The van der Waals surface area contributed by atoms with Gasteiger partial charge in [0.2, 0.25) is 10.0 Å². The molecule has 0 saturated heterocycles. The molecule has 0 radical (unpaired) electrons. The molecule has 0 atom stereocenters. The van der Waals surface area contributed by atoms with E-state index in [1.165, 1.54) is 5.56 Å². The molecule has 0 bridgehead atoms. The van der Waals surface area contributed by atoms with Crippen molar-refractivity contribution in [3.63, 3.8) is 0 Å². The summed E-state index contributed by atoms with van der Waals surface area (Å²) in [6, 6.07) is 12.8. The highest BCUT2D eigenvalue weighted by Crippen LogP contribution is 2.28. The highest BCUT2D eigenvalue weighted by atomic mass is 32.2. The van der Waals surface area contributed by atoms with E-state index >= 15 is 0 Å². The number of nitrogens with one attached hydrogen (secondary N) is 2. The summed E-state index contributed by atoms with van der Waals surface area (Å²) in [5, 5.41) is 9.09. The van der Waals surface area contributed by atoms with Gasteiger partial charge in [0.25, 0.3) is 0 Å². The topological polar surface area (TPSA) is 111 Å². The Morgan fingerprint density at radius 2 is 1.65 bits per heavy atom. The predicted octanol–water partition coefficient (Wildman–Crippen LogP) is 4.45. The molecule has 1 aliphatic rings. The Bertz CT molecular complexity index is 1520. The number of anilines is 1. The van der Waals surface area contributed by atoms with E-state index in [9.17, 15) is 8.42 Å². The Kier molecular flexibility index (Phi) is 6.87. The van der Waals surface area contributed by atoms with Gasteiger partial charge in [0.1, 0.15) is 17.4 Å². The Hall–Kier alpha value is -3.50. The Balaban J connectivity index is 1.28. The SMILES string of the molecule is COc1ccc(S(=O)(=O)NC2CCC(Nc3nc(C)nc4c3cnn4-c3ccc(C)cc3C)CC2)cc1. The molecule has 0 spiro atoms. The molecule has 2 heterocycles. The van der Waals surface area contributed by atoms with Gasteiger partial charge >= 0.3 is 0 Å². The third-order valence-electron chi connectivity index (χ3n) is 6.88. The van der Waals surface area contributed by atoms with Gasteiger partial charge in [-0.25, -0.2) is 27.8 Å². The number of aromatic nitrogens is 4. The fourth-order valence-corrected chi connectivity index (χ4v) is 6.24. The normalized spacial score (nSPS) is 18.2. The molecule has 2 N–H and O–H groups in total. The molecule has 1 saturated carbocycles. The number of methoxy groups -OCH3 is 1. The summed E-state index contributed by atoms with van der Waals surface area (Å²) in [7, 11) is -2.03. The number of ether oxygens (including phenoxy) is 1. The first-order chi connectivity index (χ1) is 17.7. The second kappa shape index (κ2) is 10.1. The summed E-state index contributed by atoms with van der Waals surface area (Å²) in [5.74, 6) is 2.06. The maximum atomic E-state index is 12.8. The van der Waals surface area contributed by atoms with Gasteiger partial charge < -0.3 is 10.1 Å². The van der Waals surface area contributed by atoms with Crippen molar-refractivity contribution in [3.05, 3.63) is 65.6 Å². The number of rotatable bonds is 7. The summed E-state index contributed by atoms with van der Waals surface area (Å²) < 4.78 is 35.5. The van der Waals surface area contributed by atoms with Gasteiger partial charge in [-0.1, -0.05) is 17.7 Å². The predicted molar refractivity (Wildman–Crippen MR) is 144 cm³/mol. The van der Waals surface area contributed by atoms with Crippen LogP contribution in [0, 0.1) is 20.8 Å². The molecule has 0 unspecified atom stereocenters. The molecule has 4 aromatic rings. The molecule has 9 nitrogen and oxygen atoms in total. The molecule has 0 aliphatic heterocycles. The minimum absolute atomic E-state index is 0.107. The average molecular weight is 521 g/mol. The van der Waals surface area contributed by atoms with Crippen LogP contribution in [-0.2, 0) is 10.0 Å². The number of fused-ring (bicyclic) bond motifs is 1. The summed E-state index contributed by atoms with van der Waals surface area (Å²) in [6.07, 6.45) is 4.94. The van der Waals surface area contributed by atoms with Crippen molar-refractivity contribution in [2.45, 2.75) is 63.4 Å². The molecule has 37 heavy (non-hydrogen) atoms. The average Bonchev–Trinajstić information content (AvgIpc) is 3.29. The van der Waals surface area contributed by atoms with Crippen molar-refractivity contribution >= 4 is 26.9 Å². The molecule has 1 fully saturated rings. The highest BCUT2D eigenvalue weighted by Gasteiger charge is 2.27. The molecule has 2 aromatic carbocycles. The van der Waals surface area contributed by atoms with E-state index in [-0.39, 0.29) is 17.0 Å². The zero-order chi connectivity index (χ0) is 26.2. The Morgan fingerprint density at radius 3 is 2.32 bits per heavy atom. The quantitative estimate of drug-likeness (QED) is 0.370. The van der Waals surface area contributed by atoms with Crippen LogP contribution in [-0.4, -0.2) is 47.4 Å². The van der Waals surface area contributed by atoms with Crippen LogP contribution in [0.25, 0.3) is 16.7 Å². The Labute approximate surface area is 217 Å². The zero-order valence-corrected chi connectivity index (χ0v) is 22.3. The first-order valence-corrected chi connectivity index (χ1v) is 13.9. The van der Waals surface area contributed by atoms with Crippen LogP contribution in [0.5, 0.6) is 5.75 Å². The van der Waals surface area contributed by atoms with E-state index in [0.717, 1.165) is 53.8 Å². The number of hydrogen-bond donors (Lipinski definition) is 2. The van der Waals surface area contributed by atoms with Crippen molar-refractivity contribution < 1.29 is 13.2 Å². The lowest BCUT2D eigenvalue weighted by Crippen LogP contribution is -2.40. The number of aryl methyl sites for hydroxylation is 3. The lowest BCUT2D eigenvalue weighted by Gasteiger charge is -2.30. The largest absolute Gasteiger partial charge is 0.497 e. The fraction of sp³-hybridized carbons (Fsp3) is 0.370. The van der Waals surface area contributed by atoms with E-state index in [2.05, 4.69) is 57.2 Å². The van der Waals surface area contributed by atoms with Crippen LogP contribution in [0.3, 0.4) is 0 Å². The molecule has 10 heteroatoms. The van der Waals surface area contributed by atoms with Crippen LogP contribution >= 0.6 is 0 Å². The summed E-state index contributed by atoms with van der Waals surface area (Å²) in [5.41, 5.74) is 4.09. The number of hydrogen-bond acceptors (Lipinski definition) is 7. The van der Waals surface area contributed by atoms with Gasteiger partial charge in [0.05, 0.1) is 29.3 Å². The number of sulfonamides is 1. The van der Waals surface area contributed by atoms with E-state index in [0.29, 0.717) is 11.6 Å². The molecular weight excluding hydrogens is 488 g/mol. The van der Waals surface area contributed by atoms with Crippen LogP contribution < -0.4 is 14.8 Å². The van der Waals surface area contributed by atoms with Gasteiger partial charge in [0.15, 0.2) is 5.65 Å². The van der Waals surface area contributed by atoms with E-state index < -0.39 is 10.0 Å². The first kappa shape index (κ1) is 25.2. The molecule has 2 aromatic heterocycles. The molecule has 1 aliphatic carbocycles. The van der Waals surface area contributed by atoms with Gasteiger partial charge in [-0.2, -0.15) is 5.10 Å². The van der Waals surface area contributed by atoms with Crippen molar-refractivity contribution in [1.82, 2.24) is 24.5 Å². The van der Waals surface area contributed by atoms with E-state index in [1.54, 1.807) is 31.4 Å². The van der Waals surface area contributed by atoms with Crippen LogP contribution in [0.4, 0.5) is 5.82 Å². The molecule has 194 valence electrons. The number of benzene rings is 2. The lowest BCUT2D eigenvalue weighted by atomic mass is 9.92. The van der Waals surface area contributed by atoms with Crippen molar-refractivity contribution in [2.75, 3.05) is 12.4 Å². The van der Waals surface area contributed by atoms with Gasteiger partial charge in [-0.05, 0) is 82.3 Å². The van der Waals surface area contributed by atoms with Crippen molar-refractivity contribution in [3.8, 4) is 11.4 Å². The molecule has 5 rings (SSSR count). The monoisotopic (exact) mass is 520 g/mol. The van der Waals surface area contributed by atoms with E-state index in [4.69, 9.17) is 4.74 Å². The highest BCUT2D eigenvalue weighted by molar-refractivity contribution is 7.89. The van der Waals surface area contributed by atoms with Gasteiger partial charge in [-0.3, -0.25) is 0 Å². The summed E-state index contributed by atoms with van der Waals surface area (Å²) in [4.78, 5) is 9.60. The minimum Gasteiger partial charge on any atom is -0.497 e. The van der Waals surface area contributed by atoms with Crippen molar-refractivity contribution in [2.24, 2.45) is 0 Å².